The number of esters is 1. The zero-order valence-corrected chi connectivity index (χ0v) is 21.8. The van der Waals surface area contributed by atoms with Crippen LogP contribution in [0.3, 0.4) is 0 Å². The molecule has 0 atom stereocenters. The van der Waals surface area contributed by atoms with Crippen molar-refractivity contribution < 1.29 is 28.6 Å². The number of halogens is 2. The summed E-state index contributed by atoms with van der Waals surface area (Å²) in [6.45, 7) is 1.71. The van der Waals surface area contributed by atoms with E-state index in [1.165, 1.54) is 32.6 Å². The van der Waals surface area contributed by atoms with Gasteiger partial charge in [-0.3, -0.25) is 9.59 Å². The Hall–Kier alpha value is -3.89. The Morgan fingerprint density at radius 3 is 2.39 bits per heavy atom. The van der Waals surface area contributed by atoms with Crippen molar-refractivity contribution >= 4 is 57.2 Å². The van der Waals surface area contributed by atoms with E-state index < -0.39 is 17.8 Å². The molecular formula is C25H21BrClN3O6. The predicted molar refractivity (Wildman–Crippen MR) is 139 cm³/mol. The molecule has 3 rings (SSSR count). The standard InChI is InChI=1S/C25H21BrClN3O6/c1-14-18(27)5-4-6-19(14)29-23(31)24(32)30-28-13-16-11-17(26)8-10-20(16)36-25(33)15-7-9-21(34-2)22(12-15)35-3/h4-13H,1-3H3,(H,29,31)(H,30,32). The molecule has 3 aromatic carbocycles. The first kappa shape index (κ1) is 26.7. The lowest BCUT2D eigenvalue weighted by Gasteiger charge is -2.11. The van der Waals surface area contributed by atoms with Crippen LogP contribution in [0.5, 0.6) is 17.2 Å². The predicted octanol–water partition coefficient (Wildman–Crippen LogP) is 4.74. The molecule has 0 heterocycles. The van der Waals surface area contributed by atoms with Gasteiger partial charge in [-0.2, -0.15) is 5.10 Å². The van der Waals surface area contributed by atoms with Gasteiger partial charge in [-0.25, -0.2) is 10.2 Å². The molecule has 0 saturated carbocycles. The number of nitrogens with zero attached hydrogens (tertiary/aromatic N) is 1. The lowest BCUT2D eigenvalue weighted by Crippen LogP contribution is -2.32. The molecule has 0 bridgehead atoms. The number of methoxy groups -OCH3 is 2. The number of nitrogens with one attached hydrogen (secondary N) is 2. The quantitative estimate of drug-likeness (QED) is 0.139. The average molecular weight is 575 g/mol. The van der Waals surface area contributed by atoms with Gasteiger partial charge in [0, 0.05) is 20.7 Å². The van der Waals surface area contributed by atoms with Crippen molar-refractivity contribution in [3.8, 4) is 17.2 Å². The van der Waals surface area contributed by atoms with Crippen molar-refractivity contribution in [2.75, 3.05) is 19.5 Å². The summed E-state index contributed by atoms with van der Waals surface area (Å²) in [4.78, 5) is 37.1. The molecular weight excluding hydrogens is 554 g/mol. The van der Waals surface area contributed by atoms with E-state index in [2.05, 4.69) is 31.8 Å². The van der Waals surface area contributed by atoms with Gasteiger partial charge in [0.15, 0.2) is 11.5 Å². The van der Waals surface area contributed by atoms with Crippen LogP contribution in [0.4, 0.5) is 5.69 Å². The molecule has 186 valence electrons. The Balaban J connectivity index is 1.70. The van der Waals surface area contributed by atoms with E-state index >= 15 is 0 Å². The first-order valence-electron chi connectivity index (χ1n) is 10.4. The number of amides is 2. The molecule has 0 aromatic heterocycles. The van der Waals surface area contributed by atoms with Gasteiger partial charge in [0.05, 0.1) is 26.0 Å². The number of hydrogen-bond acceptors (Lipinski definition) is 7. The normalized spacial score (nSPS) is 10.6. The van der Waals surface area contributed by atoms with Crippen LogP contribution in [-0.2, 0) is 9.59 Å². The van der Waals surface area contributed by atoms with Gasteiger partial charge in [-0.05, 0) is 61.0 Å². The molecule has 2 N–H and O–H groups in total. The van der Waals surface area contributed by atoms with Crippen LogP contribution in [-0.4, -0.2) is 38.2 Å². The molecule has 0 radical (unpaired) electrons. The Bertz CT molecular complexity index is 1350. The first-order chi connectivity index (χ1) is 17.2. The minimum atomic E-state index is -0.996. The minimum absolute atomic E-state index is 0.176. The zero-order chi connectivity index (χ0) is 26.2. The second-order valence-electron chi connectivity index (χ2n) is 7.21. The fraction of sp³-hybridized carbons (Fsp3) is 0.120. The Morgan fingerprint density at radius 1 is 0.944 bits per heavy atom. The number of rotatable bonds is 7. The van der Waals surface area contributed by atoms with Gasteiger partial charge < -0.3 is 19.5 Å². The Kier molecular flexibility index (Phi) is 9.04. The fourth-order valence-corrected chi connectivity index (χ4v) is 3.52. The van der Waals surface area contributed by atoms with Gasteiger partial charge in [0.2, 0.25) is 0 Å². The smallest absolute Gasteiger partial charge is 0.343 e. The number of anilines is 1. The van der Waals surface area contributed by atoms with Gasteiger partial charge in [0.1, 0.15) is 5.75 Å². The number of hydrazone groups is 1. The summed E-state index contributed by atoms with van der Waals surface area (Å²) in [5.74, 6) is -1.55. The summed E-state index contributed by atoms with van der Waals surface area (Å²) < 4.78 is 16.6. The maximum atomic E-state index is 12.7. The van der Waals surface area contributed by atoms with Crippen LogP contribution in [0.2, 0.25) is 5.02 Å². The molecule has 36 heavy (non-hydrogen) atoms. The van der Waals surface area contributed by atoms with Crippen LogP contribution in [0.1, 0.15) is 21.5 Å². The van der Waals surface area contributed by atoms with Crippen molar-refractivity contribution in [3.05, 3.63) is 80.8 Å². The third-order valence-corrected chi connectivity index (χ3v) is 5.79. The summed E-state index contributed by atoms with van der Waals surface area (Å²) in [6, 6.07) is 14.4. The van der Waals surface area contributed by atoms with Crippen LogP contribution in [0.15, 0.2) is 64.2 Å². The van der Waals surface area contributed by atoms with Crippen LogP contribution >= 0.6 is 27.5 Å². The summed E-state index contributed by atoms with van der Waals surface area (Å²) in [5.41, 5.74) is 3.77. The van der Waals surface area contributed by atoms with Crippen LogP contribution in [0, 0.1) is 6.92 Å². The largest absolute Gasteiger partial charge is 0.493 e. The van der Waals surface area contributed by atoms with Crippen molar-refractivity contribution in [2.24, 2.45) is 5.10 Å². The number of benzene rings is 3. The van der Waals surface area contributed by atoms with E-state index in [1.54, 1.807) is 49.4 Å². The Morgan fingerprint density at radius 2 is 1.67 bits per heavy atom. The summed E-state index contributed by atoms with van der Waals surface area (Å²) >= 11 is 9.37. The van der Waals surface area contributed by atoms with E-state index in [-0.39, 0.29) is 11.3 Å². The summed E-state index contributed by atoms with van der Waals surface area (Å²) in [6.07, 6.45) is 1.25. The van der Waals surface area contributed by atoms with Gasteiger partial charge in [-0.15, -0.1) is 0 Å². The maximum Gasteiger partial charge on any atom is 0.343 e. The molecule has 0 aliphatic carbocycles. The van der Waals surface area contributed by atoms with Gasteiger partial charge >= 0.3 is 17.8 Å². The summed E-state index contributed by atoms with van der Waals surface area (Å²) in [5, 5.41) is 6.75. The highest BCUT2D eigenvalue weighted by Gasteiger charge is 2.16. The first-order valence-corrected chi connectivity index (χ1v) is 11.5. The average Bonchev–Trinajstić information content (AvgIpc) is 2.87. The van der Waals surface area contributed by atoms with Crippen molar-refractivity contribution in [2.45, 2.75) is 6.92 Å². The molecule has 11 heteroatoms. The van der Waals surface area contributed by atoms with Crippen molar-refractivity contribution in [3.63, 3.8) is 0 Å². The van der Waals surface area contributed by atoms with Crippen molar-refractivity contribution in [1.82, 2.24) is 5.43 Å². The lowest BCUT2D eigenvalue weighted by atomic mass is 10.2. The van der Waals surface area contributed by atoms with Gasteiger partial charge in [0.25, 0.3) is 0 Å². The number of carbonyl (C=O) groups excluding carboxylic acids is 3. The Labute approximate surface area is 220 Å². The molecule has 0 unspecified atom stereocenters. The highest BCUT2D eigenvalue weighted by atomic mass is 79.9. The second-order valence-corrected chi connectivity index (χ2v) is 8.53. The van der Waals surface area contributed by atoms with Gasteiger partial charge in [-0.1, -0.05) is 33.6 Å². The minimum Gasteiger partial charge on any atom is -0.493 e. The lowest BCUT2D eigenvalue weighted by molar-refractivity contribution is -0.136. The molecule has 2 amide bonds. The highest BCUT2D eigenvalue weighted by Crippen LogP contribution is 2.29. The zero-order valence-electron chi connectivity index (χ0n) is 19.4. The molecule has 0 spiro atoms. The fourth-order valence-electron chi connectivity index (χ4n) is 2.97. The van der Waals surface area contributed by atoms with E-state index in [1.807, 2.05) is 0 Å². The van der Waals surface area contributed by atoms with E-state index in [4.69, 9.17) is 25.8 Å². The molecule has 0 aliphatic heterocycles. The van der Waals surface area contributed by atoms with Crippen molar-refractivity contribution in [1.29, 1.82) is 0 Å². The second kappa shape index (κ2) is 12.2. The molecule has 0 saturated heterocycles. The van der Waals surface area contributed by atoms with Crippen LogP contribution < -0.4 is 25.0 Å². The molecule has 0 aliphatic rings. The number of carbonyl (C=O) groups is 3. The number of hydrogen-bond donors (Lipinski definition) is 2. The number of ether oxygens (including phenoxy) is 3. The van der Waals surface area contributed by atoms with E-state index in [0.29, 0.717) is 37.8 Å². The third-order valence-electron chi connectivity index (χ3n) is 4.89. The molecule has 3 aromatic rings. The van der Waals surface area contributed by atoms with Crippen LogP contribution in [0.25, 0.3) is 0 Å². The third kappa shape index (κ3) is 6.61. The maximum absolute atomic E-state index is 12.7. The molecule has 0 fully saturated rings. The SMILES string of the molecule is COc1ccc(C(=O)Oc2ccc(Br)cc2C=NNC(=O)C(=O)Nc2cccc(Cl)c2C)cc1OC. The van der Waals surface area contributed by atoms with E-state index in [9.17, 15) is 14.4 Å². The molecule has 9 nitrogen and oxygen atoms in total. The van der Waals surface area contributed by atoms with E-state index in [0.717, 1.165) is 0 Å². The monoisotopic (exact) mass is 573 g/mol. The highest BCUT2D eigenvalue weighted by molar-refractivity contribution is 9.10. The summed E-state index contributed by atoms with van der Waals surface area (Å²) in [7, 11) is 2.95. The topological polar surface area (TPSA) is 115 Å².